The number of hydrogen-bond acceptors (Lipinski definition) is 2. The van der Waals surface area contributed by atoms with Crippen molar-refractivity contribution in [2.45, 2.75) is 6.92 Å². The molecule has 0 fully saturated rings. The van der Waals surface area contributed by atoms with Crippen molar-refractivity contribution in [3.05, 3.63) is 39.6 Å². The number of ether oxygens (including phenoxy) is 1. The Kier molecular flexibility index (Phi) is 3.21. The zero-order valence-corrected chi connectivity index (χ0v) is 10.9. The maximum atomic E-state index is 11.5. The van der Waals surface area contributed by atoms with Gasteiger partial charge in [0.05, 0.1) is 27.3 Å². The summed E-state index contributed by atoms with van der Waals surface area (Å²) < 4.78 is 7.56. The van der Waals surface area contributed by atoms with Crippen LogP contribution in [-0.4, -0.2) is 17.0 Å². The molecule has 2 aromatic heterocycles. The number of carbonyl (C=O) groups excluding carboxylic acids is 1. The van der Waals surface area contributed by atoms with E-state index >= 15 is 0 Å². The van der Waals surface area contributed by atoms with Gasteiger partial charge >= 0.3 is 5.97 Å². The van der Waals surface area contributed by atoms with Crippen LogP contribution in [0.3, 0.4) is 0 Å². The monoisotopic (exact) mass is 301 g/mol. The predicted octanol–water partition coefficient (Wildman–Crippen LogP) is 3.53. The third-order valence-corrected chi connectivity index (χ3v) is 3.14. The first-order valence-electron chi connectivity index (χ1n) is 4.76. The van der Waals surface area contributed by atoms with E-state index < -0.39 is 0 Å². The topological polar surface area (TPSA) is 30.7 Å². The number of aromatic nitrogens is 1. The summed E-state index contributed by atoms with van der Waals surface area (Å²) in [6, 6.07) is 5.31. The first kappa shape index (κ1) is 11.5. The minimum Gasteiger partial charge on any atom is -0.462 e. The van der Waals surface area contributed by atoms with E-state index in [0.717, 1.165) is 10.1 Å². The van der Waals surface area contributed by atoms with E-state index in [-0.39, 0.29) is 5.97 Å². The molecule has 0 aliphatic carbocycles. The molecule has 0 unspecified atom stereocenters. The van der Waals surface area contributed by atoms with Gasteiger partial charge < -0.3 is 9.14 Å². The molecule has 0 saturated carbocycles. The van der Waals surface area contributed by atoms with Gasteiger partial charge in [-0.25, -0.2) is 4.79 Å². The highest BCUT2D eigenvalue weighted by molar-refractivity contribution is 9.10. The summed E-state index contributed by atoms with van der Waals surface area (Å²) in [7, 11) is 0. The number of pyridine rings is 1. The molecule has 2 rings (SSSR count). The van der Waals surface area contributed by atoms with Crippen LogP contribution in [0.15, 0.2) is 29.0 Å². The molecular formula is C11H9BrClNO2. The van der Waals surface area contributed by atoms with Gasteiger partial charge in [0, 0.05) is 6.20 Å². The van der Waals surface area contributed by atoms with Gasteiger partial charge in [0.2, 0.25) is 0 Å². The van der Waals surface area contributed by atoms with Crippen LogP contribution in [0.4, 0.5) is 0 Å². The summed E-state index contributed by atoms with van der Waals surface area (Å²) in [5.41, 5.74) is 1.27. The average molecular weight is 303 g/mol. The quantitative estimate of drug-likeness (QED) is 0.627. The number of fused-ring (bicyclic) bond motifs is 1. The number of esters is 1. The Labute approximate surface area is 106 Å². The molecule has 2 aromatic rings. The van der Waals surface area contributed by atoms with E-state index in [1.165, 1.54) is 0 Å². The van der Waals surface area contributed by atoms with Gasteiger partial charge in [-0.3, -0.25) is 0 Å². The highest BCUT2D eigenvalue weighted by Crippen LogP contribution is 2.24. The largest absolute Gasteiger partial charge is 0.462 e. The fourth-order valence-corrected chi connectivity index (χ4v) is 2.09. The second kappa shape index (κ2) is 4.47. The average Bonchev–Trinajstić information content (AvgIpc) is 2.70. The van der Waals surface area contributed by atoms with E-state index in [1.807, 2.05) is 6.07 Å². The van der Waals surface area contributed by atoms with Crippen LogP contribution in [0.2, 0.25) is 5.02 Å². The molecule has 84 valence electrons. The summed E-state index contributed by atoms with van der Waals surface area (Å²) in [5, 5.41) is 0.596. The molecule has 16 heavy (non-hydrogen) atoms. The lowest BCUT2D eigenvalue weighted by Gasteiger charge is -1.99. The molecule has 3 nitrogen and oxygen atoms in total. The maximum absolute atomic E-state index is 11.5. The van der Waals surface area contributed by atoms with Crippen LogP contribution in [-0.2, 0) is 4.74 Å². The molecule has 0 bridgehead atoms. The second-order valence-electron chi connectivity index (χ2n) is 3.21. The molecule has 0 aliphatic heterocycles. The summed E-state index contributed by atoms with van der Waals surface area (Å²) >= 11 is 9.41. The molecule has 5 heteroatoms. The van der Waals surface area contributed by atoms with Gasteiger partial charge in [0.15, 0.2) is 0 Å². The lowest BCUT2D eigenvalue weighted by atomic mass is 10.3. The SMILES string of the molecule is CCOC(=O)c1cc2c(Cl)ccc(Br)n2c1. The number of carbonyl (C=O) groups is 1. The number of hydrogen-bond donors (Lipinski definition) is 0. The van der Waals surface area contributed by atoms with Gasteiger partial charge in [-0.2, -0.15) is 0 Å². The molecule has 0 aliphatic rings. The Morgan fingerprint density at radius 3 is 2.94 bits per heavy atom. The third-order valence-electron chi connectivity index (χ3n) is 2.17. The minimum atomic E-state index is -0.339. The Hall–Kier alpha value is -1.000. The van der Waals surface area contributed by atoms with Gasteiger partial charge in [0.1, 0.15) is 0 Å². The molecule has 0 saturated heterocycles. The first-order valence-corrected chi connectivity index (χ1v) is 5.94. The molecule has 0 atom stereocenters. The zero-order valence-electron chi connectivity index (χ0n) is 8.54. The van der Waals surface area contributed by atoms with Gasteiger partial charge in [-0.1, -0.05) is 11.6 Å². The van der Waals surface area contributed by atoms with Crippen LogP contribution in [0, 0.1) is 0 Å². The Morgan fingerprint density at radius 1 is 1.56 bits per heavy atom. The van der Waals surface area contributed by atoms with E-state index in [4.69, 9.17) is 16.3 Å². The first-order chi connectivity index (χ1) is 7.63. The van der Waals surface area contributed by atoms with E-state index in [1.54, 1.807) is 29.7 Å². The number of rotatable bonds is 2. The molecule has 0 radical (unpaired) electrons. The van der Waals surface area contributed by atoms with Crippen molar-refractivity contribution in [1.29, 1.82) is 0 Å². The van der Waals surface area contributed by atoms with E-state index in [9.17, 15) is 4.79 Å². The molecule has 2 heterocycles. The predicted molar refractivity (Wildman–Crippen MR) is 66.1 cm³/mol. The zero-order chi connectivity index (χ0) is 11.7. The summed E-state index contributed by atoms with van der Waals surface area (Å²) in [6.45, 7) is 2.14. The van der Waals surface area contributed by atoms with Crippen LogP contribution in [0.1, 0.15) is 17.3 Å². The summed E-state index contributed by atoms with van der Waals surface area (Å²) in [4.78, 5) is 11.5. The van der Waals surface area contributed by atoms with E-state index in [0.29, 0.717) is 17.2 Å². The van der Waals surface area contributed by atoms with E-state index in [2.05, 4.69) is 15.9 Å². The van der Waals surface area contributed by atoms with Crippen molar-refractivity contribution in [2.24, 2.45) is 0 Å². The number of nitrogens with zero attached hydrogens (tertiary/aromatic N) is 1. The van der Waals surface area contributed by atoms with Gasteiger partial charge in [0.25, 0.3) is 0 Å². The lowest BCUT2D eigenvalue weighted by molar-refractivity contribution is 0.0526. The third kappa shape index (κ3) is 1.95. The van der Waals surface area contributed by atoms with Crippen molar-refractivity contribution in [3.8, 4) is 0 Å². The smallest absolute Gasteiger partial charge is 0.339 e. The summed E-state index contributed by atoms with van der Waals surface area (Å²) in [5.74, 6) is -0.339. The van der Waals surface area contributed by atoms with Crippen molar-refractivity contribution >= 4 is 39.0 Å². The standard InChI is InChI=1S/C11H9BrClNO2/c1-2-16-11(15)7-5-9-8(13)3-4-10(12)14(9)6-7/h3-6H,2H2,1H3. The van der Waals surface area contributed by atoms with Crippen molar-refractivity contribution in [3.63, 3.8) is 0 Å². The van der Waals surface area contributed by atoms with Crippen molar-refractivity contribution in [2.75, 3.05) is 6.61 Å². The Morgan fingerprint density at radius 2 is 2.31 bits per heavy atom. The van der Waals surface area contributed by atoms with Gasteiger partial charge in [-0.15, -0.1) is 0 Å². The highest BCUT2D eigenvalue weighted by Gasteiger charge is 2.12. The number of halogens is 2. The maximum Gasteiger partial charge on any atom is 0.339 e. The van der Waals surface area contributed by atoms with Crippen LogP contribution in [0.5, 0.6) is 0 Å². The van der Waals surface area contributed by atoms with Crippen LogP contribution < -0.4 is 0 Å². The fourth-order valence-electron chi connectivity index (χ4n) is 1.46. The Balaban J connectivity index is 2.55. The lowest BCUT2D eigenvalue weighted by Crippen LogP contribution is -2.02. The fraction of sp³-hybridized carbons (Fsp3) is 0.182. The second-order valence-corrected chi connectivity index (χ2v) is 4.43. The minimum absolute atomic E-state index is 0.339. The molecular weight excluding hydrogens is 293 g/mol. The molecule has 0 spiro atoms. The molecule has 0 aromatic carbocycles. The van der Waals surface area contributed by atoms with Crippen LogP contribution >= 0.6 is 27.5 Å². The van der Waals surface area contributed by atoms with Crippen molar-refractivity contribution < 1.29 is 9.53 Å². The van der Waals surface area contributed by atoms with Crippen LogP contribution in [0.25, 0.3) is 5.52 Å². The molecule has 0 N–H and O–H groups in total. The Bertz CT molecular complexity index is 511. The van der Waals surface area contributed by atoms with Gasteiger partial charge in [-0.05, 0) is 41.1 Å². The summed E-state index contributed by atoms with van der Waals surface area (Å²) in [6.07, 6.45) is 1.70. The highest BCUT2D eigenvalue weighted by atomic mass is 79.9. The normalized spacial score (nSPS) is 10.7. The van der Waals surface area contributed by atoms with Crippen molar-refractivity contribution in [1.82, 2.24) is 4.40 Å². The molecule has 0 amide bonds.